The molecule has 0 saturated heterocycles. The van der Waals surface area contributed by atoms with Gasteiger partial charge < -0.3 is 14.3 Å². The fraction of sp³-hybridized carbons (Fsp3) is 0.0625. The molecule has 6 nitrogen and oxygen atoms in total. The largest absolute Gasteiger partial charge is 0.461 e. The molecule has 1 N–H and O–H groups in total. The van der Waals surface area contributed by atoms with Crippen molar-refractivity contribution in [1.82, 2.24) is 15.5 Å². The van der Waals surface area contributed by atoms with E-state index >= 15 is 0 Å². The first-order chi connectivity index (χ1) is 11.8. The van der Waals surface area contributed by atoms with Crippen LogP contribution in [0.5, 0.6) is 0 Å². The molecule has 0 unspecified atom stereocenters. The zero-order chi connectivity index (χ0) is 16.4. The van der Waals surface area contributed by atoms with Gasteiger partial charge in [0.2, 0.25) is 5.76 Å². The maximum absolute atomic E-state index is 12.2. The van der Waals surface area contributed by atoms with Gasteiger partial charge in [-0.3, -0.25) is 4.79 Å². The summed E-state index contributed by atoms with van der Waals surface area (Å²) in [6, 6.07) is 9.23. The van der Waals surface area contributed by atoms with Crippen LogP contribution in [0.4, 0.5) is 0 Å². The molecule has 1 amide bonds. The van der Waals surface area contributed by atoms with Crippen molar-refractivity contribution in [1.29, 1.82) is 0 Å². The average Bonchev–Trinajstić information content (AvgIpc) is 3.40. The van der Waals surface area contributed by atoms with Crippen molar-refractivity contribution in [3.63, 3.8) is 0 Å². The summed E-state index contributed by atoms with van der Waals surface area (Å²) in [5, 5.41) is 11.3. The molecule has 24 heavy (non-hydrogen) atoms. The van der Waals surface area contributed by atoms with Crippen molar-refractivity contribution in [3.05, 3.63) is 58.7 Å². The minimum absolute atomic E-state index is 0.239. The molecule has 0 aliphatic carbocycles. The van der Waals surface area contributed by atoms with Gasteiger partial charge in [-0.05, 0) is 23.6 Å². The molecule has 4 aromatic rings. The monoisotopic (exact) mass is 357 g/mol. The van der Waals surface area contributed by atoms with Gasteiger partial charge in [0, 0.05) is 11.4 Å². The Hall–Kier alpha value is -2.71. The summed E-state index contributed by atoms with van der Waals surface area (Å²) in [5.74, 6) is 0.884. The number of nitrogens with zero attached hydrogens (tertiary/aromatic N) is 2. The summed E-state index contributed by atoms with van der Waals surface area (Å²) in [5.41, 5.74) is 1.02. The van der Waals surface area contributed by atoms with Crippen LogP contribution in [0.2, 0.25) is 0 Å². The van der Waals surface area contributed by atoms with Crippen LogP contribution in [0.15, 0.2) is 56.3 Å². The van der Waals surface area contributed by atoms with Crippen LogP contribution in [0.3, 0.4) is 0 Å². The second kappa shape index (κ2) is 6.42. The van der Waals surface area contributed by atoms with Crippen molar-refractivity contribution in [3.8, 4) is 21.4 Å². The van der Waals surface area contributed by atoms with Crippen LogP contribution in [0.25, 0.3) is 21.4 Å². The molecular formula is C16H11N3O3S2. The maximum Gasteiger partial charge on any atom is 0.271 e. The van der Waals surface area contributed by atoms with Crippen molar-refractivity contribution in [2.45, 2.75) is 6.54 Å². The minimum atomic E-state index is -0.239. The van der Waals surface area contributed by atoms with Crippen molar-refractivity contribution >= 4 is 28.6 Å². The molecule has 0 atom stereocenters. The van der Waals surface area contributed by atoms with E-state index in [-0.39, 0.29) is 12.5 Å². The maximum atomic E-state index is 12.2. The highest BCUT2D eigenvalue weighted by Crippen LogP contribution is 2.27. The van der Waals surface area contributed by atoms with Crippen LogP contribution in [-0.2, 0) is 6.54 Å². The number of aromatic nitrogens is 2. The topological polar surface area (TPSA) is 81.2 Å². The molecule has 8 heteroatoms. The van der Waals surface area contributed by atoms with E-state index in [9.17, 15) is 4.79 Å². The van der Waals surface area contributed by atoms with Gasteiger partial charge in [0.25, 0.3) is 5.91 Å². The van der Waals surface area contributed by atoms with E-state index in [0.29, 0.717) is 22.9 Å². The Morgan fingerprint density at radius 2 is 2.17 bits per heavy atom. The van der Waals surface area contributed by atoms with E-state index < -0.39 is 0 Å². The van der Waals surface area contributed by atoms with Gasteiger partial charge in [0.05, 0.1) is 17.7 Å². The van der Waals surface area contributed by atoms with E-state index in [1.807, 2.05) is 17.5 Å². The standard InChI is InChI=1S/C16H11N3O3S2/c20-15(11-9-24-16(18-11)14-4-2-6-23-14)17-8-10-7-13(22-19-10)12-3-1-5-21-12/h1-7,9H,8H2,(H,17,20). The SMILES string of the molecule is O=C(NCc1cc(-c2ccco2)on1)c1csc(-c2cccs2)n1. The Bertz CT molecular complexity index is 939. The van der Waals surface area contributed by atoms with E-state index in [4.69, 9.17) is 8.94 Å². The number of rotatable bonds is 5. The number of nitrogens with one attached hydrogen (secondary N) is 1. The fourth-order valence-electron chi connectivity index (χ4n) is 2.08. The molecule has 0 aliphatic heterocycles. The van der Waals surface area contributed by atoms with Crippen LogP contribution in [0.1, 0.15) is 16.2 Å². The molecule has 0 bridgehead atoms. The third-order valence-electron chi connectivity index (χ3n) is 3.22. The molecule has 0 fully saturated rings. The highest BCUT2D eigenvalue weighted by molar-refractivity contribution is 7.20. The lowest BCUT2D eigenvalue weighted by atomic mass is 10.3. The predicted octanol–water partition coefficient (Wildman–Crippen LogP) is 4.05. The van der Waals surface area contributed by atoms with E-state index in [1.165, 1.54) is 11.3 Å². The quantitative estimate of drug-likeness (QED) is 0.583. The summed E-state index contributed by atoms with van der Waals surface area (Å²) < 4.78 is 10.4. The van der Waals surface area contributed by atoms with Gasteiger partial charge in [-0.15, -0.1) is 22.7 Å². The molecule has 4 aromatic heterocycles. The Morgan fingerprint density at radius 3 is 2.96 bits per heavy atom. The second-order valence-electron chi connectivity index (χ2n) is 4.86. The summed E-state index contributed by atoms with van der Waals surface area (Å²) in [6.07, 6.45) is 1.56. The number of hydrogen-bond donors (Lipinski definition) is 1. The number of furan rings is 1. The van der Waals surface area contributed by atoms with Gasteiger partial charge in [-0.25, -0.2) is 4.98 Å². The molecule has 0 saturated carbocycles. The number of carbonyl (C=O) groups is 1. The number of thiophene rings is 1. The Morgan fingerprint density at radius 1 is 1.21 bits per heavy atom. The Kier molecular flexibility index (Phi) is 3.97. The highest BCUT2D eigenvalue weighted by Gasteiger charge is 2.14. The Balaban J connectivity index is 1.40. The first kappa shape index (κ1) is 14.9. The minimum Gasteiger partial charge on any atom is -0.461 e. The van der Waals surface area contributed by atoms with Gasteiger partial charge in [-0.1, -0.05) is 11.2 Å². The lowest BCUT2D eigenvalue weighted by Crippen LogP contribution is -2.23. The fourth-order valence-corrected chi connectivity index (χ4v) is 3.70. The third kappa shape index (κ3) is 3.01. The van der Waals surface area contributed by atoms with Crippen LogP contribution in [-0.4, -0.2) is 16.0 Å². The zero-order valence-corrected chi connectivity index (χ0v) is 13.9. The summed E-state index contributed by atoms with van der Waals surface area (Å²) in [6.45, 7) is 0.259. The molecule has 0 aliphatic rings. The van der Waals surface area contributed by atoms with Crippen molar-refractivity contribution in [2.24, 2.45) is 0 Å². The summed E-state index contributed by atoms with van der Waals surface area (Å²) in [4.78, 5) is 17.6. The Labute approximate surface area is 144 Å². The zero-order valence-electron chi connectivity index (χ0n) is 12.3. The molecule has 4 rings (SSSR count). The van der Waals surface area contributed by atoms with Gasteiger partial charge in [-0.2, -0.15) is 0 Å². The lowest BCUT2D eigenvalue weighted by Gasteiger charge is -1.98. The molecule has 0 radical (unpaired) electrons. The average molecular weight is 357 g/mol. The molecule has 120 valence electrons. The molecule has 0 aromatic carbocycles. The number of hydrogen-bond acceptors (Lipinski definition) is 7. The smallest absolute Gasteiger partial charge is 0.271 e. The number of amides is 1. The predicted molar refractivity (Wildman–Crippen MR) is 90.8 cm³/mol. The lowest BCUT2D eigenvalue weighted by molar-refractivity contribution is 0.0946. The summed E-state index contributed by atoms with van der Waals surface area (Å²) >= 11 is 3.05. The van der Waals surface area contributed by atoms with Gasteiger partial charge in [0.15, 0.2) is 5.76 Å². The number of thiazole rings is 1. The molecule has 0 spiro atoms. The first-order valence-corrected chi connectivity index (χ1v) is 8.82. The van der Waals surface area contributed by atoms with Crippen molar-refractivity contribution in [2.75, 3.05) is 0 Å². The van der Waals surface area contributed by atoms with Crippen molar-refractivity contribution < 1.29 is 13.7 Å². The van der Waals surface area contributed by atoms with Gasteiger partial charge >= 0.3 is 0 Å². The van der Waals surface area contributed by atoms with E-state index in [1.54, 1.807) is 41.2 Å². The third-order valence-corrected chi connectivity index (χ3v) is 5.10. The summed E-state index contributed by atoms with van der Waals surface area (Å²) in [7, 11) is 0. The van der Waals surface area contributed by atoms with E-state index in [0.717, 1.165) is 9.88 Å². The number of carbonyl (C=O) groups excluding carboxylic acids is 1. The van der Waals surface area contributed by atoms with Crippen LogP contribution in [0, 0.1) is 0 Å². The highest BCUT2D eigenvalue weighted by atomic mass is 32.1. The van der Waals surface area contributed by atoms with Crippen LogP contribution >= 0.6 is 22.7 Å². The second-order valence-corrected chi connectivity index (χ2v) is 6.66. The first-order valence-electron chi connectivity index (χ1n) is 7.06. The normalized spacial score (nSPS) is 10.8. The van der Waals surface area contributed by atoms with Crippen LogP contribution < -0.4 is 5.32 Å². The molecular weight excluding hydrogens is 346 g/mol. The van der Waals surface area contributed by atoms with Gasteiger partial charge in [0.1, 0.15) is 16.4 Å². The molecule has 4 heterocycles. The van der Waals surface area contributed by atoms with E-state index in [2.05, 4.69) is 15.5 Å².